The van der Waals surface area contributed by atoms with E-state index >= 15 is 0 Å². The molecule has 0 unspecified atom stereocenters. The zero-order valence-corrected chi connectivity index (χ0v) is 23.7. The molecule has 6 nitrogen and oxygen atoms in total. The van der Waals surface area contributed by atoms with Crippen LogP contribution in [-0.4, -0.2) is 34.5 Å². The van der Waals surface area contributed by atoms with Gasteiger partial charge in [-0.15, -0.1) is 0 Å². The standard InChI is InChI=1S/C32H40N4O2/c1-8-10-24-13-21(4)34-32(38)28(24)17-33-31(37)27-16-25(23-12-9-11-22(14-23)18-35(5)6)15-26-29(20(2)3)19-36(7)30(26)27/h9,11-16,19-20H,8,10,17-18H2,1-7H3,(H,33,37)(H,34,38). The summed E-state index contributed by atoms with van der Waals surface area (Å²) in [6.07, 6.45) is 3.86. The van der Waals surface area contributed by atoms with E-state index in [0.29, 0.717) is 17.0 Å². The summed E-state index contributed by atoms with van der Waals surface area (Å²) in [7, 11) is 6.11. The van der Waals surface area contributed by atoms with E-state index in [4.69, 9.17) is 0 Å². The van der Waals surface area contributed by atoms with Gasteiger partial charge in [-0.2, -0.15) is 0 Å². The molecule has 0 fully saturated rings. The maximum Gasteiger partial charge on any atom is 0.253 e. The number of carbonyl (C=O) groups is 1. The Hall–Kier alpha value is -3.64. The number of rotatable bonds is 9. The van der Waals surface area contributed by atoms with Crippen LogP contribution < -0.4 is 10.9 Å². The van der Waals surface area contributed by atoms with Gasteiger partial charge >= 0.3 is 0 Å². The molecule has 2 aromatic heterocycles. The van der Waals surface area contributed by atoms with Crippen molar-refractivity contribution in [2.24, 2.45) is 7.05 Å². The van der Waals surface area contributed by atoms with E-state index < -0.39 is 0 Å². The number of benzene rings is 2. The minimum absolute atomic E-state index is 0.133. The lowest BCUT2D eigenvalue weighted by atomic mass is 9.94. The minimum Gasteiger partial charge on any atom is -0.350 e. The summed E-state index contributed by atoms with van der Waals surface area (Å²) in [4.78, 5) is 31.6. The normalized spacial score (nSPS) is 11.6. The van der Waals surface area contributed by atoms with Crippen LogP contribution in [0.1, 0.15) is 71.4 Å². The summed E-state index contributed by atoms with van der Waals surface area (Å²) in [5, 5.41) is 4.16. The van der Waals surface area contributed by atoms with Crippen LogP contribution in [0.3, 0.4) is 0 Å². The molecule has 0 saturated heterocycles. The van der Waals surface area contributed by atoms with E-state index in [-0.39, 0.29) is 18.0 Å². The lowest BCUT2D eigenvalue weighted by Gasteiger charge is -2.14. The molecule has 0 bridgehead atoms. The molecular formula is C32H40N4O2. The molecule has 0 atom stereocenters. The number of pyridine rings is 1. The van der Waals surface area contributed by atoms with Crippen LogP contribution >= 0.6 is 0 Å². The molecule has 1 amide bonds. The lowest BCUT2D eigenvalue weighted by Crippen LogP contribution is -2.28. The maximum atomic E-state index is 13.8. The number of aromatic amines is 1. The Labute approximate surface area is 225 Å². The third kappa shape index (κ3) is 5.76. The lowest BCUT2D eigenvalue weighted by molar-refractivity contribution is 0.0952. The van der Waals surface area contributed by atoms with Crippen molar-refractivity contribution in [3.05, 3.63) is 92.5 Å². The van der Waals surface area contributed by atoms with E-state index in [0.717, 1.165) is 52.7 Å². The molecule has 2 aromatic carbocycles. The fourth-order valence-electron chi connectivity index (χ4n) is 5.33. The van der Waals surface area contributed by atoms with Crippen molar-refractivity contribution >= 4 is 16.8 Å². The summed E-state index contributed by atoms with van der Waals surface area (Å²) in [6.45, 7) is 9.37. The Balaban J connectivity index is 1.79. The van der Waals surface area contributed by atoms with E-state index in [2.05, 4.69) is 86.6 Å². The fourth-order valence-corrected chi connectivity index (χ4v) is 5.33. The Bertz CT molecular complexity index is 1520. The SMILES string of the molecule is CCCc1cc(C)[nH]c(=O)c1CNC(=O)c1cc(-c2cccc(CN(C)C)c2)cc2c(C(C)C)cn(C)c12. The van der Waals surface area contributed by atoms with Crippen LogP contribution in [0.25, 0.3) is 22.0 Å². The van der Waals surface area contributed by atoms with Crippen LogP contribution in [0.5, 0.6) is 0 Å². The predicted octanol–water partition coefficient (Wildman–Crippen LogP) is 5.91. The second-order valence-electron chi connectivity index (χ2n) is 10.9. The monoisotopic (exact) mass is 512 g/mol. The summed E-state index contributed by atoms with van der Waals surface area (Å²) in [5.74, 6) is 0.132. The van der Waals surface area contributed by atoms with Crippen molar-refractivity contribution in [3.63, 3.8) is 0 Å². The number of aromatic nitrogens is 2. The number of hydrogen-bond acceptors (Lipinski definition) is 3. The molecule has 200 valence electrons. The highest BCUT2D eigenvalue weighted by Crippen LogP contribution is 2.34. The van der Waals surface area contributed by atoms with Crippen molar-refractivity contribution in [2.45, 2.75) is 59.5 Å². The minimum atomic E-state index is -0.180. The Morgan fingerprint density at radius 3 is 2.55 bits per heavy atom. The summed E-state index contributed by atoms with van der Waals surface area (Å²) in [5.41, 5.74) is 8.37. The zero-order chi connectivity index (χ0) is 27.6. The smallest absolute Gasteiger partial charge is 0.253 e. The van der Waals surface area contributed by atoms with Crippen LogP contribution in [0, 0.1) is 6.92 Å². The third-order valence-corrected chi connectivity index (χ3v) is 7.04. The number of fused-ring (bicyclic) bond motifs is 1. The molecule has 2 heterocycles. The highest BCUT2D eigenvalue weighted by Gasteiger charge is 2.20. The number of hydrogen-bond donors (Lipinski definition) is 2. The molecule has 0 saturated carbocycles. The highest BCUT2D eigenvalue weighted by atomic mass is 16.1. The van der Waals surface area contributed by atoms with E-state index in [1.54, 1.807) is 0 Å². The average Bonchev–Trinajstić information content (AvgIpc) is 3.19. The molecule has 4 aromatic rings. The predicted molar refractivity (Wildman–Crippen MR) is 157 cm³/mol. The quantitative estimate of drug-likeness (QED) is 0.293. The van der Waals surface area contributed by atoms with Crippen LogP contribution in [0.4, 0.5) is 0 Å². The van der Waals surface area contributed by atoms with E-state index in [1.165, 1.54) is 11.1 Å². The van der Waals surface area contributed by atoms with Gasteiger partial charge in [-0.3, -0.25) is 9.59 Å². The van der Waals surface area contributed by atoms with Crippen LogP contribution in [-0.2, 0) is 26.6 Å². The van der Waals surface area contributed by atoms with Gasteiger partial charge in [-0.05, 0) is 85.4 Å². The van der Waals surface area contributed by atoms with Gasteiger partial charge in [-0.1, -0.05) is 45.4 Å². The van der Waals surface area contributed by atoms with Gasteiger partial charge in [0.15, 0.2) is 0 Å². The maximum absolute atomic E-state index is 13.8. The van der Waals surface area contributed by atoms with Crippen molar-refractivity contribution in [2.75, 3.05) is 14.1 Å². The Kier molecular flexibility index (Phi) is 8.22. The first kappa shape index (κ1) is 27.4. The van der Waals surface area contributed by atoms with Gasteiger partial charge in [0.05, 0.1) is 11.1 Å². The topological polar surface area (TPSA) is 70.1 Å². The molecule has 0 radical (unpaired) electrons. The number of nitrogens with one attached hydrogen (secondary N) is 2. The highest BCUT2D eigenvalue weighted by molar-refractivity contribution is 6.08. The molecule has 0 spiro atoms. The number of aryl methyl sites for hydroxylation is 3. The average molecular weight is 513 g/mol. The molecule has 0 aliphatic carbocycles. The van der Waals surface area contributed by atoms with Crippen molar-refractivity contribution in [3.8, 4) is 11.1 Å². The third-order valence-electron chi connectivity index (χ3n) is 7.04. The van der Waals surface area contributed by atoms with E-state index in [9.17, 15) is 9.59 Å². The summed E-state index contributed by atoms with van der Waals surface area (Å²) < 4.78 is 2.05. The molecule has 38 heavy (non-hydrogen) atoms. The molecule has 0 aliphatic heterocycles. The van der Waals surface area contributed by atoms with Gasteiger partial charge < -0.3 is 19.8 Å². The molecule has 6 heteroatoms. The Morgan fingerprint density at radius 1 is 1.11 bits per heavy atom. The first-order valence-corrected chi connectivity index (χ1v) is 13.5. The first-order valence-electron chi connectivity index (χ1n) is 13.5. The van der Waals surface area contributed by atoms with Gasteiger partial charge in [0.1, 0.15) is 0 Å². The largest absolute Gasteiger partial charge is 0.350 e. The van der Waals surface area contributed by atoms with Gasteiger partial charge in [0.2, 0.25) is 0 Å². The molecule has 0 aliphatic rings. The van der Waals surface area contributed by atoms with Gasteiger partial charge in [0, 0.05) is 43.0 Å². The number of carbonyl (C=O) groups excluding carboxylic acids is 1. The van der Waals surface area contributed by atoms with Crippen LogP contribution in [0.2, 0.25) is 0 Å². The first-order chi connectivity index (χ1) is 18.1. The van der Waals surface area contributed by atoms with E-state index in [1.807, 2.05) is 30.7 Å². The summed E-state index contributed by atoms with van der Waals surface area (Å²) >= 11 is 0. The second kappa shape index (κ2) is 11.4. The number of H-pyrrole nitrogens is 1. The van der Waals surface area contributed by atoms with Crippen LogP contribution in [0.15, 0.2) is 53.5 Å². The number of nitrogens with zero attached hydrogens (tertiary/aromatic N) is 2. The van der Waals surface area contributed by atoms with Crippen molar-refractivity contribution in [1.82, 2.24) is 19.8 Å². The number of amides is 1. The molecule has 2 N–H and O–H groups in total. The zero-order valence-electron chi connectivity index (χ0n) is 23.7. The molecule has 4 rings (SSSR count). The summed E-state index contributed by atoms with van der Waals surface area (Å²) in [6, 6.07) is 14.7. The van der Waals surface area contributed by atoms with Crippen molar-refractivity contribution < 1.29 is 4.79 Å². The van der Waals surface area contributed by atoms with Gasteiger partial charge in [0.25, 0.3) is 11.5 Å². The van der Waals surface area contributed by atoms with Crippen molar-refractivity contribution in [1.29, 1.82) is 0 Å². The Morgan fingerprint density at radius 2 is 1.87 bits per heavy atom. The van der Waals surface area contributed by atoms with Gasteiger partial charge in [-0.25, -0.2) is 0 Å². The molecular weight excluding hydrogens is 472 g/mol. The fraction of sp³-hybridized carbons (Fsp3) is 0.375. The second-order valence-corrected chi connectivity index (χ2v) is 10.9.